The molecule has 0 bridgehead atoms. The van der Waals surface area contributed by atoms with E-state index in [2.05, 4.69) is 10.1 Å². The minimum atomic E-state index is -0.709. The van der Waals surface area contributed by atoms with Crippen LogP contribution in [0.1, 0.15) is 32.0 Å². The third-order valence-corrected chi connectivity index (χ3v) is 2.89. The Morgan fingerprint density at radius 3 is 2.54 bits per heavy atom. The van der Waals surface area contributed by atoms with E-state index in [-0.39, 0.29) is 22.7 Å². The van der Waals surface area contributed by atoms with Gasteiger partial charge in [-0.05, 0) is 39.0 Å². The number of para-hydroxylation sites is 1. The van der Waals surface area contributed by atoms with Crippen LogP contribution < -0.4 is 0 Å². The maximum atomic E-state index is 11.0. The molecule has 0 aliphatic rings. The molecule has 2 rings (SSSR count). The average Bonchev–Trinajstić information content (AvgIpc) is 2.49. The summed E-state index contributed by atoms with van der Waals surface area (Å²) >= 11 is 0. The topological polar surface area (TPSA) is 118 Å². The fourth-order valence-corrected chi connectivity index (χ4v) is 1.85. The molecular weight excluding hydrogens is 314 g/mol. The number of nitro benzene ring substituents is 1. The first-order chi connectivity index (χ1) is 11.2. The molecule has 1 aromatic carbocycles. The molecule has 2 N–H and O–H groups in total. The molecule has 0 atom stereocenters. The van der Waals surface area contributed by atoms with Crippen molar-refractivity contribution in [3.8, 4) is 11.5 Å². The van der Waals surface area contributed by atoms with Crippen molar-refractivity contribution in [2.75, 3.05) is 0 Å². The van der Waals surface area contributed by atoms with Crippen molar-refractivity contribution >= 4 is 11.4 Å². The molecule has 0 radical (unpaired) electrons. The summed E-state index contributed by atoms with van der Waals surface area (Å²) in [4.78, 5) is 19.7. The van der Waals surface area contributed by atoms with Gasteiger partial charge in [-0.1, -0.05) is 11.2 Å². The summed E-state index contributed by atoms with van der Waals surface area (Å²) in [6.07, 6.45) is 1.43. The third kappa shape index (κ3) is 3.78. The molecule has 0 aliphatic carbocycles. The fourth-order valence-electron chi connectivity index (χ4n) is 1.85. The SMILES string of the molecule is CC(C)(C)ON=C(c1cccc([N+](=O)[O-])c1O)c1ncccc1O. The Hall–Kier alpha value is -3.16. The van der Waals surface area contributed by atoms with Gasteiger partial charge in [-0.3, -0.25) is 15.1 Å². The number of aromatic nitrogens is 1. The first-order valence-electron chi connectivity index (χ1n) is 7.08. The van der Waals surface area contributed by atoms with E-state index in [9.17, 15) is 20.3 Å². The van der Waals surface area contributed by atoms with Gasteiger partial charge < -0.3 is 15.1 Å². The zero-order chi connectivity index (χ0) is 17.9. The monoisotopic (exact) mass is 331 g/mol. The van der Waals surface area contributed by atoms with Crippen molar-refractivity contribution in [1.29, 1.82) is 0 Å². The van der Waals surface area contributed by atoms with Crippen LogP contribution >= 0.6 is 0 Å². The van der Waals surface area contributed by atoms with Crippen molar-refractivity contribution in [2.45, 2.75) is 26.4 Å². The Labute approximate surface area is 138 Å². The van der Waals surface area contributed by atoms with E-state index in [0.717, 1.165) is 0 Å². The molecule has 1 aromatic heterocycles. The van der Waals surface area contributed by atoms with Crippen LogP contribution in [-0.4, -0.2) is 31.4 Å². The van der Waals surface area contributed by atoms with Gasteiger partial charge in [0.15, 0.2) is 0 Å². The number of rotatable bonds is 4. The number of nitrogens with zero attached hydrogens (tertiary/aromatic N) is 3. The minimum absolute atomic E-state index is 0.00998. The van der Waals surface area contributed by atoms with Crippen LogP contribution in [0.25, 0.3) is 0 Å². The quantitative estimate of drug-likeness (QED) is 0.505. The van der Waals surface area contributed by atoms with E-state index in [4.69, 9.17) is 4.84 Å². The second-order valence-electron chi connectivity index (χ2n) is 5.95. The van der Waals surface area contributed by atoms with Gasteiger partial charge in [0, 0.05) is 12.3 Å². The largest absolute Gasteiger partial charge is 0.506 e. The number of oxime groups is 1. The van der Waals surface area contributed by atoms with Gasteiger partial charge in [0.25, 0.3) is 0 Å². The molecule has 0 spiro atoms. The molecule has 24 heavy (non-hydrogen) atoms. The van der Waals surface area contributed by atoms with Crippen LogP contribution in [0.2, 0.25) is 0 Å². The first-order valence-corrected chi connectivity index (χ1v) is 7.08. The van der Waals surface area contributed by atoms with Gasteiger partial charge in [0.2, 0.25) is 5.75 Å². The van der Waals surface area contributed by atoms with Gasteiger partial charge >= 0.3 is 5.69 Å². The summed E-state index contributed by atoms with van der Waals surface area (Å²) in [5, 5.41) is 35.2. The summed E-state index contributed by atoms with van der Waals surface area (Å²) in [7, 11) is 0. The van der Waals surface area contributed by atoms with Gasteiger partial charge in [0.05, 0.1) is 10.5 Å². The lowest BCUT2D eigenvalue weighted by Crippen LogP contribution is -2.18. The van der Waals surface area contributed by atoms with E-state index in [1.807, 2.05) is 0 Å². The highest BCUT2D eigenvalue weighted by atomic mass is 16.6. The van der Waals surface area contributed by atoms with E-state index in [1.54, 1.807) is 20.8 Å². The maximum Gasteiger partial charge on any atom is 0.311 e. The highest BCUT2D eigenvalue weighted by molar-refractivity contribution is 6.14. The third-order valence-electron chi connectivity index (χ3n) is 2.89. The number of nitro groups is 1. The summed E-state index contributed by atoms with van der Waals surface area (Å²) in [5.74, 6) is -0.775. The zero-order valence-electron chi connectivity index (χ0n) is 13.4. The molecule has 0 saturated carbocycles. The van der Waals surface area contributed by atoms with Gasteiger partial charge in [-0.25, -0.2) is 0 Å². The van der Waals surface area contributed by atoms with E-state index >= 15 is 0 Å². The number of pyridine rings is 1. The van der Waals surface area contributed by atoms with Gasteiger partial charge in [0.1, 0.15) is 22.8 Å². The maximum absolute atomic E-state index is 11.0. The highest BCUT2D eigenvalue weighted by Gasteiger charge is 2.24. The van der Waals surface area contributed by atoms with E-state index in [1.165, 1.54) is 36.5 Å². The number of aromatic hydroxyl groups is 2. The Balaban J connectivity index is 2.66. The van der Waals surface area contributed by atoms with E-state index < -0.39 is 22.0 Å². The molecule has 0 saturated heterocycles. The lowest BCUT2D eigenvalue weighted by Gasteiger charge is -2.17. The molecule has 1 heterocycles. The molecule has 0 aliphatic heterocycles. The second kappa shape index (κ2) is 6.53. The number of hydrogen-bond donors (Lipinski definition) is 2. The first kappa shape index (κ1) is 17.2. The Morgan fingerprint density at radius 2 is 1.96 bits per heavy atom. The second-order valence-corrected chi connectivity index (χ2v) is 5.95. The molecule has 2 aromatic rings. The molecular formula is C16H17N3O5. The molecule has 126 valence electrons. The van der Waals surface area contributed by atoms with Crippen molar-refractivity contribution in [1.82, 2.24) is 4.98 Å². The van der Waals surface area contributed by atoms with Crippen molar-refractivity contribution in [2.24, 2.45) is 5.16 Å². The standard InChI is InChI=1S/C16H17N3O5/c1-16(2,3)24-18-13(14-12(20)8-5-9-17-14)10-6-4-7-11(15(10)21)19(22)23/h4-9,20-21H,1-3H3. The molecule has 0 unspecified atom stereocenters. The highest BCUT2D eigenvalue weighted by Crippen LogP contribution is 2.32. The Morgan fingerprint density at radius 1 is 1.25 bits per heavy atom. The Bertz CT molecular complexity index is 797. The molecule has 8 nitrogen and oxygen atoms in total. The lowest BCUT2D eigenvalue weighted by atomic mass is 10.0. The van der Waals surface area contributed by atoms with Crippen molar-refractivity contribution < 1.29 is 20.0 Å². The smallest absolute Gasteiger partial charge is 0.311 e. The summed E-state index contributed by atoms with van der Waals surface area (Å²) in [6, 6.07) is 6.91. The van der Waals surface area contributed by atoms with Crippen LogP contribution in [0.3, 0.4) is 0 Å². The summed E-state index contributed by atoms with van der Waals surface area (Å²) < 4.78 is 0. The molecule has 0 fully saturated rings. The van der Waals surface area contributed by atoms with Crippen LogP contribution in [0, 0.1) is 10.1 Å². The van der Waals surface area contributed by atoms with E-state index in [0.29, 0.717) is 0 Å². The average molecular weight is 331 g/mol. The Kier molecular flexibility index (Phi) is 4.68. The fraction of sp³-hybridized carbons (Fsp3) is 0.250. The molecule has 0 amide bonds. The van der Waals surface area contributed by atoms with Crippen LogP contribution in [0.15, 0.2) is 41.7 Å². The normalized spacial score (nSPS) is 12.0. The lowest BCUT2D eigenvalue weighted by molar-refractivity contribution is -0.385. The summed E-state index contributed by atoms with van der Waals surface area (Å²) in [5.41, 5.74) is -1.07. The van der Waals surface area contributed by atoms with Gasteiger partial charge in [-0.15, -0.1) is 0 Å². The van der Waals surface area contributed by atoms with Crippen molar-refractivity contribution in [3.63, 3.8) is 0 Å². The summed E-state index contributed by atoms with van der Waals surface area (Å²) in [6.45, 7) is 5.29. The van der Waals surface area contributed by atoms with Crippen LogP contribution in [0.4, 0.5) is 5.69 Å². The molecule has 8 heteroatoms. The number of hydrogen-bond acceptors (Lipinski definition) is 7. The van der Waals surface area contributed by atoms with Crippen LogP contribution in [0.5, 0.6) is 11.5 Å². The number of phenolic OH excluding ortho intramolecular Hbond substituents is 1. The predicted molar refractivity (Wildman–Crippen MR) is 87.1 cm³/mol. The predicted octanol–water partition coefficient (Wildman–Crippen LogP) is 2.97. The van der Waals surface area contributed by atoms with Crippen molar-refractivity contribution in [3.05, 3.63) is 57.9 Å². The zero-order valence-corrected chi connectivity index (χ0v) is 13.4. The van der Waals surface area contributed by atoms with Gasteiger partial charge in [-0.2, -0.15) is 0 Å². The number of phenols is 1. The number of benzene rings is 1. The van der Waals surface area contributed by atoms with Crippen LogP contribution in [-0.2, 0) is 4.84 Å². The minimum Gasteiger partial charge on any atom is -0.506 e.